The molecule has 6 heteroatoms. The number of halogens is 4. The van der Waals surface area contributed by atoms with Gasteiger partial charge in [0.1, 0.15) is 11.6 Å². The van der Waals surface area contributed by atoms with Crippen LogP contribution in [0.4, 0.5) is 8.78 Å². The van der Waals surface area contributed by atoms with Crippen LogP contribution < -0.4 is 5.32 Å². The quantitative estimate of drug-likeness (QED) is 0.608. The van der Waals surface area contributed by atoms with E-state index >= 15 is 0 Å². The largest absolute Gasteiger partial charge is 0.306 e. The lowest BCUT2D eigenvalue weighted by molar-refractivity contribution is 0.533. The molecule has 0 saturated heterocycles. The number of thiophene rings is 1. The van der Waals surface area contributed by atoms with Crippen molar-refractivity contribution in [3.8, 4) is 0 Å². The molecule has 1 nitrogen and oxygen atoms in total. The molecule has 0 fully saturated rings. The summed E-state index contributed by atoms with van der Waals surface area (Å²) in [6, 6.07) is 4.22. The minimum atomic E-state index is -0.521. The lowest BCUT2D eigenvalue weighted by Crippen LogP contribution is -2.23. The topological polar surface area (TPSA) is 12.0 Å². The van der Waals surface area contributed by atoms with Crippen LogP contribution in [0.25, 0.3) is 0 Å². The van der Waals surface area contributed by atoms with Crippen LogP contribution in [0.15, 0.2) is 26.5 Å². The third-order valence-corrected chi connectivity index (χ3v) is 6.46. The lowest BCUT2D eigenvalue weighted by atomic mass is 10.0. The molecule has 0 spiro atoms. The highest BCUT2D eigenvalue weighted by Gasteiger charge is 2.21. The van der Waals surface area contributed by atoms with E-state index in [2.05, 4.69) is 44.1 Å². The Morgan fingerprint density at radius 2 is 1.90 bits per heavy atom. The highest BCUT2D eigenvalue weighted by molar-refractivity contribution is 9.13. The summed E-state index contributed by atoms with van der Waals surface area (Å²) in [6.45, 7) is 4.46. The summed E-state index contributed by atoms with van der Waals surface area (Å²) in [5.41, 5.74) is 0.924. The second-order valence-corrected chi connectivity index (χ2v) is 8.04. The zero-order valence-electron chi connectivity index (χ0n) is 11.6. The van der Waals surface area contributed by atoms with E-state index in [0.717, 1.165) is 32.2 Å². The first-order valence-corrected chi connectivity index (χ1v) is 8.98. The van der Waals surface area contributed by atoms with Crippen LogP contribution in [0.3, 0.4) is 0 Å². The van der Waals surface area contributed by atoms with Gasteiger partial charge in [0.25, 0.3) is 0 Å². The molecule has 1 heterocycles. The number of aryl methyl sites for hydroxylation is 1. The Morgan fingerprint density at radius 1 is 1.19 bits per heavy atom. The van der Waals surface area contributed by atoms with E-state index in [1.807, 2.05) is 6.07 Å². The first-order chi connectivity index (χ1) is 9.93. The third-order valence-electron chi connectivity index (χ3n) is 3.14. The highest BCUT2D eigenvalue weighted by Crippen LogP contribution is 2.38. The van der Waals surface area contributed by atoms with E-state index in [-0.39, 0.29) is 6.04 Å². The summed E-state index contributed by atoms with van der Waals surface area (Å²) in [5, 5.41) is 3.34. The van der Waals surface area contributed by atoms with Crippen LogP contribution in [0.1, 0.15) is 35.4 Å². The van der Waals surface area contributed by atoms with Gasteiger partial charge < -0.3 is 5.32 Å². The van der Waals surface area contributed by atoms with Crippen LogP contribution in [0.5, 0.6) is 0 Å². The van der Waals surface area contributed by atoms with Crippen LogP contribution in [0, 0.1) is 18.6 Å². The molecular formula is C15H15Br2F2NS. The van der Waals surface area contributed by atoms with E-state index < -0.39 is 11.6 Å². The van der Waals surface area contributed by atoms with Gasteiger partial charge in [-0.3, -0.25) is 0 Å². The molecule has 2 aromatic rings. The average molecular weight is 439 g/mol. The molecule has 0 aliphatic carbocycles. The van der Waals surface area contributed by atoms with Gasteiger partial charge in [0.05, 0.1) is 9.83 Å². The summed E-state index contributed by atoms with van der Waals surface area (Å²) < 4.78 is 29.6. The number of nitrogens with one attached hydrogen (secondary N) is 1. The van der Waals surface area contributed by atoms with E-state index in [4.69, 9.17) is 0 Å². The molecule has 0 aliphatic heterocycles. The normalized spacial score (nSPS) is 12.7. The van der Waals surface area contributed by atoms with Crippen molar-refractivity contribution in [1.82, 2.24) is 5.32 Å². The minimum Gasteiger partial charge on any atom is -0.306 e. The zero-order valence-corrected chi connectivity index (χ0v) is 15.6. The van der Waals surface area contributed by atoms with Crippen molar-refractivity contribution in [2.24, 2.45) is 0 Å². The summed E-state index contributed by atoms with van der Waals surface area (Å²) >= 11 is 8.44. The van der Waals surface area contributed by atoms with E-state index in [1.54, 1.807) is 13.0 Å². The first-order valence-electron chi connectivity index (χ1n) is 6.57. The fourth-order valence-electron chi connectivity index (χ4n) is 2.06. The van der Waals surface area contributed by atoms with Crippen LogP contribution in [-0.2, 0) is 0 Å². The molecular weight excluding hydrogens is 424 g/mol. The van der Waals surface area contributed by atoms with Gasteiger partial charge >= 0.3 is 0 Å². The molecule has 0 amide bonds. The molecule has 114 valence electrons. The van der Waals surface area contributed by atoms with Crippen molar-refractivity contribution in [1.29, 1.82) is 0 Å². The molecule has 1 aromatic heterocycles. The Kier molecular flexibility index (Phi) is 5.94. The highest BCUT2D eigenvalue weighted by atomic mass is 79.9. The molecule has 0 bridgehead atoms. The second kappa shape index (κ2) is 7.31. The van der Waals surface area contributed by atoms with Crippen molar-refractivity contribution >= 4 is 43.2 Å². The van der Waals surface area contributed by atoms with Crippen LogP contribution in [0.2, 0.25) is 0 Å². The third kappa shape index (κ3) is 3.92. The molecule has 1 atom stereocenters. The van der Waals surface area contributed by atoms with Gasteiger partial charge in [-0.15, -0.1) is 11.3 Å². The summed E-state index contributed by atoms with van der Waals surface area (Å²) in [7, 11) is 0. The van der Waals surface area contributed by atoms with Crippen molar-refractivity contribution in [3.63, 3.8) is 0 Å². The molecule has 1 unspecified atom stereocenters. The zero-order chi connectivity index (χ0) is 15.6. The van der Waals surface area contributed by atoms with Gasteiger partial charge in [-0.05, 0) is 69.4 Å². The SMILES string of the molecule is CCCNC(c1cc(Br)c(Br)s1)c1cc(C)c(F)cc1F. The predicted molar refractivity (Wildman–Crippen MR) is 91.0 cm³/mol. The Labute approximate surface area is 144 Å². The van der Waals surface area contributed by atoms with Gasteiger partial charge in [0.2, 0.25) is 0 Å². The van der Waals surface area contributed by atoms with Gasteiger partial charge in [0, 0.05) is 21.0 Å². The molecule has 21 heavy (non-hydrogen) atoms. The molecule has 1 aromatic carbocycles. The maximum atomic E-state index is 14.2. The van der Waals surface area contributed by atoms with E-state index in [0.29, 0.717) is 11.1 Å². The maximum absolute atomic E-state index is 14.2. The van der Waals surface area contributed by atoms with Crippen LogP contribution in [-0.4, -0.2) is 6.54 Å². The summed E-state index contributed by atoms with van der Waals surface area (Å²) in [6.07, 6.45) is 0.937. The van der Waals surface area contributed by atoms with Crippen molar-refractivity contribution < 1.29 is 8.78 Å². The minimum absolute atomic E-state index is 0.281. The van der Waals surface area contributed by atoms with Gasteiger partial charge in [-0.2, -0.15) is 0 Å². The monoisotopic (exact) mass is 437 g/mol. The fourth-order valence-corrected chi connectivity index (χ4v) is 4.24. The maximum Gasteiger partial charge on any atom is 0.131 e. The van der Waals surface area contributed by atoms with E-state index in [9.17, 15) is 8.78 Å². The Balaban J connectivity index is 2.47. The fraction of sp³-hybridized carbons (Fsp3) is 0.333. The van der Waals surface area contributed by atoms with Crippen molar-refractivity contribution in [3.05, 3.63) is 54.1 Å². The van der Waals surface area contributed by atoms with Gasteiger partial charge in [-0.25, -0.2) is 8.78 Å². The average Bonchev–Trinajstić information content (AvgIpc) is 2.75. The number of hydrogen-bond donors (Lipinski definition) is 1. The Morgan fingerprint density at radius 3 is 2.48 bits per heavy atom. The predicted octanol–water partition coefficient (Wildman–Crippen LogP) is 5.95. The smallest absolute Gasteiger partial charge is 0.131 e. The second-order valence-electron chi connectivity index (χ2n) is 4.78. The molecule has 0 radical (unpaired) electrons. The molecule has 2 rings (SSSR count). The Hall–Kier alpha value is -0.300. The van der Waals surface area contributed by atoms with Gasteiger partial charge in [0.15, 0.2) is 0 Å². The lowest BCUT2D eigenvalue weighted by Gasteiger charge is -2.19. The Bertz CT molecular complexity index is 623. The standard InChI is InChI=1S/C15H15Br2F2NS/c1-3-4-20-14(13-6-10(16)15(17)21-13)9-5-8(2)11(18)7-12(9)19/h5-7,14,20H,3-4H2,1-2H3. The van der Waals surface area contributed by atoms with E-state index in [1.165, 1.54) is 11.3 Å². The molecule has 1 N–H and O–H groups in total. The number of hydrogen-bond acceptors (Lipinski definition) is 2. The number of benzene rings is 1. The van der Waals surface area contributed by atoms with Gasteiger partial charge in [-0.1, -0.05) is 6.92 Å². The van der Waals surface area contributed by atoms with Crippen LogP contribution >= 0.6 is 43.2 Å². The molecule has 0 saturated carbocycles. The summed E-state index contributed by atoms with van der Waals surface area (Å²) in [4.78, 5) is 0.979. The number of rotatable bonds is 5. The molecule has 0 aliphatic rings. The van der Waals surface area contributed by atoms with Crippen molar-refractivity contribution in [2.75, 3.05) is 6.54 Å². The first kappa shape index (κ1) is 17.1. The summed E-state index contributed by atoms with van der Waals surface area (Å²) in [5.74, 6) is -1.04. The van der Waals surface area contributed by atoms with Crippen molar-refractivity contribution in [2.45, 2.75) is 26.3 Å².